The molecule has 106 valence electrons. The molecule has 2 rings (SSSR count). The molecule has 3 atom stereocenters. The lowest BCUT2D eigenvalue weighted by Gasteiger charge is -2.40. The van der Waals surface area contributed by atoms with Gasteiger partial charge in [-0.1, -0.05) is 6.92 Å². The van der Waals surface area contributed by atoms with E-state index in [0.717, 1.165) is 18.0 Å². The van der Waals surface area contributed by atoms with Crippen molar-refractivity contribution in [3.05, 3.63) is 29.1 Å². The van der Waals surface area contributed by atoms with Crippen molar-refractivity contribution in [2.24, 2.45) is 0 Å². The molecule has 1 heterocycles. The molecule has 1 fully saturated rings. The number of thioether (sulfide) groups is 1. The number of halogens is 1. The first-order chi connectivity index (χ1) is 8.91. The minimum absolute atomic E-state index is 0.244. The van der Waals surface area contributed by atoms with Gasteiger partial charge in [0.25, 0.3) is 0 Å². The first-order valence-corrected chi connectivity index (χ1v) is 7.83. The van der Waals surface area contributed by atoms with Crippen LogP contribution in [-0.2, 0) is 0 Å². The van der Waals surface area contributed by atoms with Crippen LogP contribution in [0, 0.1) is 12.7 Å². The number of aliphatic hydroxyl groups excluding tert-OH is 1. The fourth-order valence-electron chi connectivity index (χ4n) is 2.54. The molecule has 0 spiro atoms. The van der Waals surface area contributed by atoms with Crippen LogP contribution in [-0.4, -0.2) is 28.7 Å². The van der Waals surface area contributed by atoms with Crippen LogP contribution in [0.25, 0.3) is 0 Å². The average Bonchev–Trinajstić information content (AvgIpc) is 2.35. The Morgan fingerprint density at radius 1 is 1.42 bits per heavy atom. The highest BCUT2D eigenvalue weighted by molar-refractivity contribution is 8.00. The van der Waals surface area contributed by atoms with Gasteiger partial charge in [0.1, 0.15) is 5.82 Å². The van der Waals surface area contributed by atoms with Crippen molar-refractivity contribution >= 4 is 17.4 Å². The summed E-state index contributed by atoms with van der Waals surface area (Å²) in [6, 6.07) is 3.74. The first kappa shape index (κ1) is 14.7. The van der Waals surface area contributed by atoms with Gasteiger partial charge in [-0.05, 0) is 38.5 Å². The summed E-state index contributed by atoms with van der Waals surface area (Å²) in [6.45, 7) is 8.83. The number of hydrogen-bond donors (Lipinski definition) is 1. The summed E-state index contributed by atoms with van der Waals surface area (Å²) in [6.07, 6.45) is -0.651. The lowest BCUT2D eigenvalue weighted by atomic mass is 10.0. The quantitative estimate of drug-likeness (QED) is 0.898. The highest BCUT2D eigenvalue weighted by Crippen LogP contribution is 2.35. The van der Waals surface area contributed by atoms with Crippen molar-refractivity contribution in [1.29, 1.82) is 0 Å². The van der Waals surface area contributed by atoms with Crippen LogP contribution < -0.4 is 4.90 Å². The monoisotopic (exact) mass is 283 g/mol. The Hall–Kier alpha value is -0.740. The molecule has 2 nitrogen and oxygen atoms in total. The van der Waals surface area contributed by atoms with Gasteiger partial charge in [-0.2, -0.15) is 11.8 Å². The van der Waals surface area contributed by atoms with Gasteiger partial charge in [-0.15, -0.1) is 0 Å². The van der Waals surface area contributed by atoms with Crippen molar-refractivity contribution in [2.45, 2.75) is 45.1 Å². The third kappa shape index (κ3) is 2.90. The van der Waals surface area contributed by atoms with Gasteiger partial charge in [-0.25, -0.2) is 4.39 Å². The highest BCUT2D eigenvalue weighted by atomic mass is 32.2. The van der Waals surface area contributed by atoms with E-state index in [9.17, 15) is 9.50 Å². The van der Waals surface area contributed by atoms with Gasteiger partial charge in [0.05, 0.1) is 6.10 Å². The highest BCUT2D eigenvalue weighted by Gasteiger charge is 2.28. The molecule has 0 aliphatic carbocycles. The van der Waals surface area contributed by atoms with E-state index in [4.69, 9.17) is 0 Å². The van der Waals surface area contributed by atoms with Crippen molar-refractivity contribution in [2.75, 3.05) is 17.2 Å². The molecular weight excluding hydrogens is 261 g/mol. The Morgan fingerprint density at radius 2 is 2.11 bits per heavy atom. The Balaban J connectivity index is 2.45. The van der Waals surface area contributed by atoms with Crippen LogP contribution in [0.4, 0.5) is 10.1 Å². The molecule has 0 aromatic heterocycles. The second-order valence-electron chi connectivity index (χ2n) is 5.35. The van der Waals surface area contributed by atoms with E-state index in [2.05, 4.69) is 18.7 Å². The third-order valence-corrected chi connectivity index (χ3v) is 5.29. The molecule has 1 aromatic rings. The van der Waals surface area contributed by atoms with E-state index in [1.54, 1.807) is 13.8 Å². The molecule has 4 heteroatoms. The molecule has 0 saturated carbocycles. The van der Waals surface area contributed by atoms with Gasteiger partial charge in [0.2, 0.25) is 0 Å². The van der Waals surface area contributed by atoms with Crippen molar-refractivity contribution in [1.82, 2.24) is 0 Å². The number of anilines is 1. The maximum atomic E-state index is 13.7. The number of benzene rings is 1. The van der Waals surface area contributed by atoms with Crippen LogP contribution in [0.2, 0.25) is 0 Å². The maximum Gasteiger partial charge on any atom is 0.126 e. The fraction of sp³-hybridized carbons (Fsp3) is 0.600. The van der Waals surface area contributed by atoms with Crippen LogP contribution in [0.5, 0.6) is 0 Å². The van der Waals surface area contributed by atoms with E-state index >= 15 is 0 Å². The molecule has 1 aliphatic heterocycles. The molecule has 0 radical (unpaired) electrons. The molecular formula is C15H22FNOS. The Labute approximate surface area is 119 Å². The predicted molar refractivity (Wildman–Crippen MR) is 80.5 cm³/mol. The largest absolute Gasteiger partial charge is 0.389 e. The second-order valence-corrected chi connectivity index (χ2v) is 6.83. The maximum absolute atomic E-state index is 13.7. The third-order valence-electron chi connectivity index (χ3n) is 3.95. The molecule has 1 aromatic carbocycles. The molecule has 0 bridgehead atoms. The summed E-state index contributed by atoms with van der Waals surface area (Å²) in [5.74, 6) is 0.827. The lowest BCUT2D eigenvalue weighted by Crippen LogP contribution is -2.45. The SMILES string of the molecule is Cc1cc(N2CCSC(C)C2C)c(C(C)O)cc1F. The topological polar surface area (TPSA) is 23.5 Å². The first-order valence-electron chi connectivity index (χ1n) is 6.78. The Morgan fingerprint density at radius 3 is 2.74 bits per heavy atom. The van der Waals surface area contributed by atoms with Gasteiger partial charge < -0.3 is 10.0 Å². The Kier molecular flexibility index (Phi) is 4.41. The van der Waals surface area contributed by atoms with Crippen molar-refractivity contribution in [3.63, 3.8) is 0 Å². The number of aryl methyl sites for hydroxylation is 1. The lowest BCUT2D eigenvalue weighted by molar-refractivity contribution is 0.199. The summed E-state index contributed by atoms with van der Waals surface area (Å²) in [7, 11) is 0. The average molecular weight is 283 g/mol. The van der Waals surface area contributed by atoms with Crippen molar-refractivity contribution in [3.8, 4) is 0 Å². The van der Waals surface area contributed by atoms with Crippen LogP contribution in [0.1, 0.15) is 38.0 Å². The fourth-order valence-corrected chi connectivity index (χ4v) is 3.64. The summed E-state index contributed by atoms with van der Waals surface area (Å²) in [5, 5.41) is 10.4. The van der Waals surface area contributed by atoms with Crippen LogP contribution in [0.15, 0.2) is 12.1 Å². The van der Waals surface area contributed by atoms with E-state index in [-0.39, 0.29) is 5.82 Å². The minimum atomic E-state index is -0.651. The normalized spacial score (nSPS) is 25.5. The van der Waals surface area contributed by atoms with Gasteiger partial charge in [-0.3, -0.25) is 0 Å². The smallest absolute Gasteiger partial charge is 0.126 e. The number of aliphatic hydroxyl groups is 1. The van der Waals surface area contributed by atoms with E-state index in [1.165, 1.54) is 6.07 Å². The van der Waals surface area contributed by atoms with Gasteiger partial charge >= 0.3 is 0 Å². The summed E-state index contributed by atoms with van der Waals surface area (Å²) < 4.78 is 13.7. The number of hydrogen-bond acceptors (Lipinski definition) is 3. The number of nitrogens with zero attached hydrogens (tertiary/aromatic N) is 1. The molecule has 3 unspecified atom stereocenters. The molecule has 1 saturated heterocycles. The minimum Gasteiger partial charge on any atom is -0.389 e. The predicted octanol–water partition coefficient (Wildman–Crippen LogP) is 3.52. The van der Waals surface area contributed by atoms with E-state index in [1.807, 2.05) is 17.8 Å². The molecule has 1 aliphatic rings. The summed E-state index contributed by atoms with van der Waals surface area (Å²) in [5.41, 5.74) is 2.31. The molecule has 1 N–H and O–H groups in total. The number of rotatable bonds is 2. The molecule has 19 heavy (non-hydrogen) atoms. The Bertz CT molecular complexity index is 464. The zero-order chi connectivity index (χ0) is 14.2. The molecule has 0 amide bonds. The van der Waals surface area contributed by atoms with E-state index < -0.39 is 6.10 Å². The van der Waals surface area contributed by atoms with Gasteiger partial charge in [0, 0.05) is 34.8 Å². The zero-order valence-corrected chi connectivity index (χ0v) is 12.8. The van der Waals surface area contributed by atoms with Crippen molar-refractivity contribution < 1.29 is 9.50 Å². The summed E-state index contributed by atoms with van der Waals surface area (Å²) in [4.78, 5) is 2.30. The van der Waals surface area contributed by atoms with Crippen LogP contribution in [0.3, 0.4) is 0 Å². The summed E-state index contributed by atoms with van der Waals surface area (Å²) >= 11 is 1.97. The van der Waals surface area contributed by atoms with E-state index in [0.29, 0.717) is 22.4 Å². The zero-order valence-electron chi connectivity index (χ0n) is 12.0. The second kappa shape index (κ2) is 5.71. The van der Waals surface area contributed by atoms with Gasteiger partial charge in [0.15, 0.2) is 0 Å². The van der Waals surface area contributed by atoms with Crippen LogP contribution >= 0.6 is 11.8 Å². The standard InChI is InChI=1S/C15H22FNOS/c1-9-7-15(13(11(3)18)8-14(9)16)17-5-6-19-12(4)10(17)2/h7-8,10-12,18H,5-6H2,1-4H3.